The zero-order chi connectivity index (χ0) is 14.5. The van der Waals surface area contributed by atoms with Gasteiger partial charge in [-0.15, -0.1) is 0 Å². The number of hydrogen-bond acceptors (Lipinski definition) is 3. The standard InChI is InChI=1S/C15H15ClN2O2/c16-14-7-10(8-17)1-2-12(14)9-20-13-5-3-11(4-6-13)15(18)19/h1-7H,8-9,17H2,(H2,18,19). The first-order valence-corrected chi connectivity index (χ1v) is 6.48. The van der Waals surface area contributed by atoms with Crippen LogP contribution < -0.4 is 16.2 Å². The highest BCUT2D eigenvalue weighted by atomic mass is 35.5. The summed E-state index contributed by atoms with van der Waals surface area (Å²) >= 11 is 6.14. The highest BCUT2D eigenvalue weighted by molar-refractivity contribution is 6.31. The molecule has 0 fully saturated rings. The van der Waals surface area contributed by atoms with E-state index in [1.165, 1.54) is 0 Å². The second-order valence-corrected chi connectivity index (χ2v) is 4.71. The number of ether oxygens (including phenoxy) is 1. The van der Waals surface area contributed by atoms with E-state index in [0.29, 0.717) is 29.5 Å². The minimum absolute atomic E-state index is 0.347. The molecule has 5 heteroatoms. The van der Waals surface area contributed by atoms with E-state index in [9.17, 15) is 4.79 Å². The number of halogens is 1. The number of primary amides is 1. The Morgan fingerprint density at radius 1 is 1.15 bits per heavy atom. The Bertz CT molecular complexity index is 612. The van der Waals surface area contributed by atoms with E-state index in [1.54, 1.807) is 24.3 Å². The van der Waals surface area contributed by atoms with Crippen LogP contribution in [0.25, 0.3) is 0 Å². The van der Waals surface area contributed by atoms with Gasteiger partial charge in [0.15, 0.2) is 0 Å². The van der Waals surface area contributed by atoms with Gasteiger partial charge in [0, 0.05) is 22.7 Å². The second-order valence-electron chi connectivity index (χ2n) is 4.31. The summed E-state index contributed by atoms with van der Waals surface area (Å²) in [6, 6.07) is 12.3. The smallest absolute Gasteiger partial charge is 0.248 e. The molecule has 20 heavy (non-hydrogen) atoms. The number of amides is 1. The molecular formula is C15H15ClN2O2. The van der Waals surface area contributed by atoms with Gasteiger partial charge < -0.3 is 16.2 Å². The summed E-state index contributed by atoms with van der Waals surface area (Å²) in [6.45, 7) is 0.801. The largest absolute Gasteiger partial charge is 0.489 e. The molecule has 2 aromatic rings. The third-order valence-electron chi connectivity index (χ3n) is 2.89. The summed E-state index contributed by atoms with van der Waals surface area (Å²) in [5.41, 5.74) is 13.0. The molecule has 0 saturated heterocycles. The summed E-state index contributed by atoms with van der Waals surface area (Å²) in [7, 11) is 0. The Balaban J connectivity index is 2.03. The minimum atomic E-state index is -0.461. The molecule has 0 aliphatic carbocycles. The van der Waals surface area contributed by atoms with Crippen molar-refractivity contribution in [1.29, 1.82) is 0 Å². The quantitative estimate of drug-likeness (QED) is 0.888. The van der Waals surface area contributed by atoms with E-state index in [2.05, 4.69) is 0 Å². The highest BCUT2D eigenvalue weighted by Gasteiger charge is 2.04. The van der Waals surface area contributed by atoms with Gasteiger partial charge in [-0.3, -0.25) is 4.79 Å². The van der Waals surface area contributed by atoms with Crippen LogP contribution in [0.5, 0.6) is 5.75 Å². The molecule has 0 aliphatic heterocycles. The molecule has 0 aromatic heterocycles. The van der Waals surface area contributed by atoms with E-state index in [4.69, 9.17) is 27.8 Å². The van der Waals surface area contributed by atoms with Crippen molar-refractivity contribution in [3.8, 4) is 5.75 Å². The van der Waals surface area contributed by atoms with Gasteiger partial charge in [-0.2, -0.15) is 0 Å². The lowest BCUT2D eigenvalue weighted by Gasteiger charge is -2.09. The van der Waals surface area contributed by atoms with Gasteiger partial charge in [0.05, 0.1) is 0 Å². The van der Waals surface area contributed by atoms with Crippen molar-refractivity contribution in [2.75, 3.05) is 0 Å². The van der Waals surface area contributed by atoms with Crippen LogP contribution in [0.15, 0.2) is 42.5 Å². The molecule has 0 spiro atoms. The average molecular weight is 291 g/mol. The fourth-order valence-electron chi connectivity index (χ4n) is 1.71. The Kier molecular flexibility index (Phi) is 4.61. The van der Waals surface area contributed by atoms with Crippen LogP contribution >= 0.6 is 11.6 Å². The van der Waals surface area contributed by atoms with Crippen molar-refractivity contribution < 1.29 is 9.53 Å². The van der Waals surface area contributed by atoms with Crippen LogP contribution in [0.3, 0.4) is 0 Å². The van der Waals surface area contributed by atoms with Gasteiger partial charge in [-0.05, 0) is 35.9 Å². The first-order valence-electron chi connectivity index (χ1n) is 6.10. The maximum absolute atomic E-state index is 11.0. The van der Waals surface area contributed by atoms with Crippen LogP contribution in [0, 0.1) is 0 Å². The van der Waals surface area contributed by atoms with Crippen molar-refractivity contribution in [3.05, 3.63) is 64.2 Å². The normalized spacial score (nSPS) is 10.3. The predicted molar refractivity (Wildman–Crippen MR) is 78.6 cm³/mol. The van der Waals surface area contributed by atoms with Gasteiger partial charge in [0.25, 0.3) is 0 Å². The minimum Gasteiger partial charge on any atom is -0.489 e. The summed E-state index contributed by atoms with van der Waals surface area (Å²) in [4.78, 5) is 11.0. The van der Waals surface area contributed by atoms with Crippen molar-refractivity contribution in [2.45, 2.75) is 13.2 Å². The van der Waals surface area contributed by atoms with Crippen molar-refractivity contribution >= 4 is 17.5 Å². The molecule has 104 valence electrons. The predicted octanol–water partition coefficient (Wildman–Crippen LogP) is 2.48. The third kappa shape index (κ3) is 3.50. The summed E-state index contributed by atoms with van der Waals surface area (Å²) < 4.78 is 5.61. The number of carbonyl (C=O) groups is 1. The Morgan fingerprint density at radius 2 is 1.85 bits per heavy atom. The molecule has 0 aliphatic rings. The second kappa shape index (κ2) is 6.41. The molecule has 0 radical (unpaired) electrons. The van der Waals surface area contributed by atoms with Crippen molar-refractivity contribution in [3.63, 3.8) is 0 Å². The van der Waals surface area contributed by atoms with Crippen LogP contribution in [0.1, 0.15) is 21.5 Å². The molecule has 0 bridgehead atoms. The topological polar surface area (TPSA) is 78.3 Å². The summed E-state index contributed by atoms with van der Waals surface area (Å²) in [6.07, 6.45) is 0. The SMILES string of the molecule is NCc1ccc(COc2ccc(C(N)=O)cc2)c(Cl)c1. The average Bonchev–Trinajstić information content (AvgIpc) is 2.46. The number of hydrogen-bond donors (Lipinski definition) is 2. The van der Waals surface area contributed by atoms with Gasteiger partial charge in [0.1, 0.15) is 12.4 Å². The number of nitrogens with two attached hydrogens (primary N) is 2. The van der Waals surface area contributed by atoms with Crippen molar-refractivity contribution in [2.24, 2.45) is 11.5 Å². The molecule has 0 unspecified atom stereocenters. The zero-order valence-corrected chi connectivity index (χ0v) is 11.6. The van der Waals surface area contributed by atoms with Crippen LogP contribution in [-0.4, -0.2) is 5.91 Å². The maximum atomic E-state index is 11.0. The molecular weight excluding hydrogens is 276 g/mol. The number of benzene rings is 2. The van der Waals surface area contributed by atoms with Crippen molar-refractivity contribution in [1.82, 2.24) is 0 Å². The lowest BCUT2D eigenvalue weighted by Crippen LogP contribution is -2.10. The Morgan fingerprint density at radius 3 is 2.40 bits per heavy atom. The first-order chi connectivity index (χ1) is 9.60. The fourth-order valence-corrected chi connectivity index (χ4v) is 1.97. The summed E-state index contributed by atoms with van der Waals surface area (Å²) in [5, 5.41) is 0.627. The molecule has 1 amide bonds. The summed E-state index contributed by atoms with van der Waals surface area (Å²) in [5.74, 6) is 0.186. The van der Waals surface area contributed by atoms with Crippen LogP contribution in [-0.2, 0) is 13.2 Å². The lowest BCUT2D eigenvalue weighted by atomic mass is 10.1. The van der Waals surface area contributed by atoms with Crippen LogP contribution in [0.4, 0.5) is 0 Å². The Labute approximate surface area is 122 Å². The van der Waals surface area contributed by atoms with Crippen LogP contribution in [0.2, 0.25) is 5.02 Å². The number of rotatable bonds is 5. The van der Waals surface area contributed by atoms with E-state index in [-0.39, 0.29) is 0 Å². The molecule has 4 nitrogen and oxygen atoms in total. The van der Waals surface area contributed by atoms with E-state index in [1.807, 2.05) is 18.2 Å². The lowest BCUT2D eigenvalue weighted by molar-refractivity contribution is 0.100. The van der Waals surface area contributed by atoms with E-state index < -0.39 is 5.91 Å². The first kappa shape index (κ1) is 14.4. The van der Waals surface area contributed by atoms with Gasteiger partial charge in [-0.25, -0.2) is 0 Å². The molecule has 0 saturated carbocycles. The molecule has 4 N–H and O–H groups in total. The molecule has 0 heterocycles. The zero-order valence-electron chi connectivity index (χ0n) is 10.8. The third-order valence-corrected chi connectivity index (χ3v) is 3.24. The van der Waals surface area contributed by atoms with Gasteiger partial charge in [0.2, 0.25) is 5.91 Å². The van der Waals surface area contributed by atoms with Gasteiger partial charge in [-0.1, -0.05) is 23.7 Å². The molecule has 2 aromatic carbocycles. The highest BCUT2D eigenvalue weighted by Crippen LogP contribution is 2.20. The fraction of sp³-hybridized carbons (Fsp3) is 0.133. The monoisotopic (exact) mass is 290 g/mol. The van der Waals surface area contributed by atoms with E-state index in [0.717, 1.165) is 11.1 Å². The van der Waals surface area contributed by atoms with E-state index >= 15 is 0 Å². The molecule has 0 atom stereocenters. The maximum Gasteiger partial charge on any atom is 0.248 e. The molecule has 2 rings (SSSR count). The number of carbonyl (C=O) groups excluding carboxylic acids is 1. The van der Waals surface area contributed by atoms with Gasteiger partial charge >= 0.3 is 0 Å². The Hall–Kier alpha value is -2.04.